The van der Waals surface area contributed by atoms with Gasteiger partial charge in [0.2, 0.25) is 5.71 Å². The Morgan fingerprint density at radius 3 is 2.05 bits per heavy atom. The van der Waals surface area contributed by atoms with E-state index in [1.54, 1.807) is 12.1 Å². The van der Waals surface area contributed by atoms with Gasteiger partial charge in [-0.25, -0.2) is 0 Å². The van der Waals surface area contributed by atoms with E-state index in [1.807, 2.05) is 19.1 Å². The Balaban J connectivity index is 2.62. The third kappa shape index (κ3) is 2.90. The van der Waals surface area contributed by atoms with Crippen molar-refractivity contribution in [2.24, 2.45) is 0 Å². The first-order valence-electron chi connectivity index (χ1n) is 6.51. The van der Waals surface area contributed by atoms with Crippen molar-refractivity contribution in [1.29, 1.82) is 0 Å². The number of nitrogens with zero attached hydrogens (tertiary/aromatic N) is 1. The molecule has 0 fully saturated rings. The van der Waals surface area contributed by atoms with Gasteiger partial charge < -0.3 is 25.0 Å². The lowest BCUT2D eigenvalue weighted by molar-refractivity contribution is -0.377. The van der Waals surface area contributed by atoms with Crippen LogP contribution in [-0.4, -0.2) is 29.9 Å². The van der Waals surface area contributed by atoms with Crippen LogP contribution in [0.5, 0.6) is 0 Å². The molecule has 0 heterocycles. The third-order valence-corrected chi connectivity index (χ3v) is 3.28. The molecule has 0 spiro atoms. The summed E-state index contributed by atoms with van der Waals surface area (Å²) in [6.45, 7) is 1.92. The Morgan fingerprint density at radius 2 is 1.55 bits per heavy atom. The first-order valence-corrected chi connectivity index (χ1v) is 6.51. The lowest BCUT2D eigenvalue weighted by Gasteiger charge is -2.18. The van der Waals surface area contributed by atoms with Crippen LogP contribution in [0.3, 0.4) is 0 Å². The van der Waals surface area contributed by atoms with Crippen molar-refractivity contribution in [3.05, 3.63) is 75.1 Å². The fourth-order valence-electron chi connectivity index (χ4n) is 2.08. The average Bonchev–Trinajstić information content (AvgIpc) is 2.53. The molecule has 22 heavy (non-hydrogen) atoms. The maximum absolute atomic E-state index is 11.3. The number of aliphatic hydroxyl groups excluding tert-OH is 1. The number of benzene rings is 1. The highest BCUT2D eigenvalue weighted by Gasteiger charge is 2.25. The van der Waals surface area contributed by atoms with Gasteiger partial charge in [-0.3, -0.25) is 0 Å². The van der Waals surface area contributed by atoms with Crippen LogP contribution in [-0.2, 0) is 9.47 Å². The Morgan fingerprint density at radius 1 is 1.00 bits per heavy atom. The van der Waals surface area contributed by atoms with Gasteiger partial charge in [-0.2, -0.15) is 4.90 Å². The van der Waals surface area contributed by atoms with Crippen molar-refractivity contribution < 1.29 is 19.5 Å². The third-order valence-electron chi connectivity index (χ3n) is 3.28. The molecule has 1 aliphatic rings. The van der Waals surface area contributed by atoms with Gasteiger partial charge in [0.15, 0.2) is 11.5 Å². The van der Waals surface area contributed by atoms with E-state index in [4.69, 9.17) is 9.47 Å². The summed E-state index contributed by atoms with van der Waals surface area (Å²) < 4.78 is 10.2. The summed E-state index contributed by atoms with van der Waals surface area (Å²) in [5.41, 5.74) is 1.33. The van der Waals surface area contributed by atoms with Gasteiger partial charge in [-0.15, -0.1) is 0 Å². The van der Waals surface area contributed by atoms with E-state index in [2.05, 4.69) is 0 Å². The molecule has 0 unspecified atom stereocenters. The zero-order valence-electron chi connectivity index (χ0n) is 12.5. The standard InChI is InChI=1S/C16H16NO5/c1-10-4-6-11(7-5-10)16(18)12-8-14(21-2)15(22-3)9-13(12)17(19)20/h4-9H,1-3H3,(H-,18,19,20)/q-1. The number of hydrogen-bond donors (Lipinski definition) is 1. The largest absolute Gasteiger partial charge is 0.612 e. The maximum Gasteiger partial charge on any atom is 0.237 e. The summed E-state index contributed by atoms with van der Waals surface area (Å²) >= 11 is 0. The second-order valence-electron chi connectivity index (χ2n) is 4.70. The molecular formula is C16H16NO5-. The van der Waals surface area contributed by atoms with Crippen LogP contribution in [0.2, 0.25) is 0 Å². The minimum absolute atomic E-state index is 0.0755. The Bertz CT molecular complexity index is 692. The predicted octanol–water partition coefficient (Wildman–Crippen LogP) is 2.79. The lowest BCUT2D eigenvalue weighted by atomic mass is 9.98. The normalized spacial score (nSPS) is 16.6. The van der Waals surface area contributed by atoms with E-state index < -0.39 is 4.90 Å². The molecule has 1 aromatic rings. The van der Waals surface area contributed by atoms with Crippen molar-refractivity contribution in [3.8, 4) is 0 Å². The molecule has 6 nitrogen and oxygen atoms in total. The van der Waals surface area contributed by atoms with Gasteiger partial charge in [0.05, 0.1) is 25.9 Å². The van der Waals surface area contributed by atoms with Gasteiger partial charge in [-0.05, 0) is 6.92 Å². The molecule has 0 bridgehead atoms. The molecule has 1 aromatic carbocycles. The summed E-state index contributed by atoms with van der Waals surface area (Å²) in [4.78, 5) is -0.568. The van der Waals surface area contributed by atoms with Crippen LogP contribution >= 0.6 is 0 Å². The van der Waals surface area contributed by atoms with Gasteiger partial charge in [0.25, 0.3) is 0 Å². The van der Waals surface area contributed by atoms with E-state index in [1.165, 1.54) is 26.4 Å². The van der Waals surface area contributed by atoms with Crippen molar-refractivity contribution in [2.45, 2.75) is 6.92 Å². The highest BCUT2D eigenvalue weighted by Crippen LogP contribution is 2.27. The summed E-state index contributed by atoms with van der Waals surface area (Å²) in [7, 11) is 2.82. The monoisotopic (exact) mass is 302 g/mol. The minimum Gasteiger partial charge on any atom is -0.612 e. The zero-order valence-corrected chi connectivity index (χ0v) is 12.5. The number of aliphatic hydroxyl groups is 1. The Kier molecular flexibility index (Phi) is 4.41. The fraction of sp³-hybridized carbons (Fsp3) is 0.188. The van der Waals surface area contributed by atoms with Crippen LogP contribution in [0.15, 0.2) is 53.5 Å². The molecule has 6 heteroatoms. The van der Waals surface area contributed by atoms with E-state index in [0.717, 1.165) is 5.56 Å². The van der Waals surface area contributed by atoms with E-state index in [-0.39, 0.29) is 22.8 Å². The second kappa shape index (κ2) is 6.26. The molecule has 0 atom stereocenters. The molecule has 116 valence electrons. The highest BCUT2D eigenvalue weighted by atomic mass is 16.8. The number of aryl methyl sites for hydroxylation is 1. The molecule has 2 rings (SSSR count). The molecule has 1 aliphatic carbocycles. The highest BCUT2D eigenvalue weighted by molar-refractivity contribution is 6.13. The smallest absolute Gasteiger partial charge is 0.237 e. The predicted molar refractivity (Wildman–Crippen MR) is 82.9 cm³/mol. The van der Waals surface area contributed by atoms with Crippen molar-refractivity contribution in [2.75, 3.05) is 14.2 Å². The first kappa shape index (κ1) is 15.5. The van der Waals surface area contributed by atoms with Crippen LogP contribution in [0.4, 0.5) is 0 Å². The fourth-order valence-corrected chi connectivity index (χ4v) is 2.08. The zero-order chi connectivity index (χ0) is 16.3. The van der Waals surface area contributed by atoms with Crippen LogP contribution in [0.25, 0.3) is 5.76 Å². The lowest BCUT2D eigenvalue weighted by Crippen LogP contribution is -2.18. The second-order valence-corrected chi connectivity index (χ2v) is 4.70. The quantitative estimate of drug-likeness (QED) is 0.527. The average molecular weight is 302 g/mol. The Labute approximate surface area is 128 Å². The molecule has 0 amide bonds. The molecule has 0 saturated carbocycles. The summed E-state index contributed by atoms with van der Waals surface area (Å²) in [6, 6.07) is 7.03. The van der Waals surface area contributed by atoms with Crippen LogP contribution in [0.1, 0.15) is 11.1 Å². The molecule has 1 N–H and O–H groups in total. The maximum atomic E-state index is 11.3. The van der Waals surface area contributed by atoms with E-state index in [0.29, 0.717) is 11.3 Å². The number of hydrogen-bond acceptors (Lipinski definition) is 5. The van der Waals surface area contributed by atoms with Crippen LogP contribution in [0, 0.1) is 17.3 Å². The van der Waals surface area contributed by atoms with Crippen molar-refractivity contribution in [1.82, 2.24) is 0 Å². The Hall–Kier alpha value is -2.89. The number of rotatable bonds is 3. The van der Waals surface area contributed by atoms with Gasteiger partial charge in [0, 0.05) is 11.6 Å². The van der Waals surface area contributed by atoms with Gasteiger partial charge in [0.1, 0.15) is 5.76 Å². The van der Waals surface area contributed by atoms with E-state index in [9.17, 15) is 15.5 Å². The summed E-state index contributed by atoms with van der Waals surface area (Å²) in [5, 5.41) is 32.9. The summed E-state index contributed by atoms with van der Waals surface area (Å²) in [5.74, 6) is 0.351. The molecular weight excluding hydrogens is 286 g/mol. The van der Waals surface area contributed by atoms with Crippen molar-refractivity contribution in [3.63, 3.8) is 0 Å². The van der Waals surface area contributed by atoms with E-state index >= 15 is 0 Å². The van der Waals surface area contributed by atoms with Gasteiger partial charge >= 0.3 is 0 Å². The number of allylic oxidation sites excluding steroid dienone is 3. The van der Waals surface area contributed by atoms with Crippen LogP contribution < -0.4 is 0 Å². The topological polar surface area (TPSA) is 87.8 Å². The van der Waals surface area contributed by atoms with Crippen molar-refractivity contribution >= 4 is 11.5 Å². The molecule has 0 aliphatic heterocycles. The first-order chi connectivity index (χ1) is 10.5. The molecule has 0 saturated heterocycles. The van der Waals surface area contributed by atoms with Gasteiger partial charge in [-0.1, -0.05) is 29.8 Å². The SMILES string of the molecule is COC1=CC(=C(O)c2ccc(C)cc2)C(=[N+]([O-])[O-])C=C1OC. The number of ether oxygens (including phenoxy) is 2. The molecule has 0 aromatic heterocycles. The molecule has 0 radical (unpaired) electrons. The minimum atomic E-state index is -0.568. The number of methoxy groups -OCH3 is 2. The summed E-state index contributed by atoms with van der Waals surface area (Å²) in [6.07, 6.45) is 2.63.